The van der Waals surface area contributed by atoms with Gasteiger partial charge in [-0.3, -0.25) is 14.6 Å². The molecule has 1 amide bonds. The summed E-state index contributed by atoms with van der Waals surface area (Å²) in [7, 11) is 0. The third-order valence-electron chi connectivity index (χ3n) is 7.38. The van der Waals surface area contributed by atoms with Crippen LogP contribution in [-0.2, 0) is 22.2 Å². The molecule has 3 aromatic rings. The Balaban J connectivity index is 1.60. The summed E-state index contributed by atoms with van der Waals surface area (Å²) < 4.78 is 39.4. The van der Waals surface area contributed by atoms with Crippen LogP contribution >= 0.6 is 0 Å². The van der Waals surface area contributed by atoms with Crippen molar-refractivity contribution in [1.29, 1.82) is 0 Å². The SMILES string of the molecule is Cc1c(CCC(=O)O)cccc1NC(=O)[C@@H](c1ccc(-c2cncc(C(F)(F)F)c2)cc1)C1CCCCC1. The second-order valence-electron chi connectivity index (χ2n) is 9.93. The summed E-state index contributed by atoms with van der Waals surface area (Å²) in [5, 5.41) is 12.1. The Hall–Kier alpha value is -3.68. The van der Waals surface area contributed by atoms with E-state index in [0.29, 0.717) is 23.2 Å². The van der Waals surface area contributed by atoms with E-state index in [1.165, 1.54) is 6.20 Å². The Morgan fingerprint density at radius 2 is 1.74 bits per heavy atom. The number of aromatic nitrogens is 1. The maximum atomic E-state index is 13.7. The Labute approximate surface area is 220 Å². The van der Waals surface area contributed by atoms with Crippen LogP contribution in [0.2, 0.25) is 0 Å². The zero-order valence-corrected chi connectivity index (χ0v) is 21.2. The van der Waals surface area contributed by atoms with Gasteiger partial charge in [-0.15, -0.1) is 0 Å². The third-order valence-corrected chi connectivity index (χ3v) is 7.38. The number of nitrogens with one attached hydrogen (secondary N) is 1. The van der Waals surface area contributed by atoms with E-state index in [-0.39, 0.29) is 18.2 Å². The molecular weight excluding hydrogens is 493 g/mol. The van der Waals surface area contributed by atoms with Gasteiger partial charge in [0.1, 0.15) is 0 Å². The van der Waals surface area contributed by atoms with Crippen LogP contribution in [-0.4, -0.2) is 22.0 Å². The number of pyridine rings is 1. The fourth-order valence-electron chi connectivity index (χ4n) is 5.28. The lowest BCUT2D eigenvalue weighted by Crippen LogP contribution is -2.29. The minimum atomic E-state index is -4.48. The van der Waals surface area contributed by atoms with Crippen molar-refractivity contribution in [2.45, 2.75) is 64.0 Å². The van der Waals surface area contributed by atoms with Crippen molar-refractivity contribution < 1.29 is 27.9 Å². The smallest absolute Gasteiger partial charge is 0.417 e. The highest BCUT2D eigenvalue weighted by molar-refractivity contribution is 5.97. The van der Waals surface area contributed by atoms with E-state index in [1.54, 1.807) is 12.1 Å². The van der Waals surface area contributed by atoms with Crippen LogP contribution in [0.25, 0.3) is 11.1 Å². The predicted molar refractivity (Wildman–Crippen MR) is 140 cm³/mol. The molecule has 0 bridgehead atoms. The van der Waals surface area contributed by atoms with Crippen LogP contribution in [0.3, 0.4) is 0 Å². The minimum absolute atomic E-state index is 0.0106. The van der Waals surface area contributed by atoms with Gasteiger partial charge in [0, 0.05) is 30.1 Å². The van der Waals surface area contributed by atoms with Gasteiger partial charge in [-0.25, -0.2) is 0 Å². The van der Waals surface area contributed by atoms with Crippen molar-refractivity contribution in [2.75, 3.05) is 5.32 Å². The lowest BCUT2D eigenvalue weighted by Gasteiger charge is -2.30. The molecule has 2 aromatic carbocycles. The number of amides is 1. The zero-order chi connectivity index (χ0) is 27.3. The van der Waals surface area contributed by atoms with Gasteiger partial charge in [0.05, 0.1) is 11.5 Å². The van der Waals surface area contributed by atoms with E-state index in [9.17, 15) is 22.8 Å². The van der Waals surface area contributed by atoms with Crippen LogP contribution in [0, 0.1) is 12.8 Å². The summed E-state index contributed by atoms with van der Waals surface area (Å²) in [6, 6.07) is 13.7. The van der Waals surface area contributed by atoms with Gasteiger partial charge >= 0.3 is 12.1 Å². The van der Waals surface area contributed by atoms with Gasteiger partial charge in [0.15, 0.2) is 0 Å². The molecule has 1 fully saturated rings. The van der Waals surface area contributed by atoms with E-state index in [1.807, 2.05) is 37.3 Å². The van der Waals surface area contributed by atoms with Crippen LogP contribution < -0.4 is 5.32 Å². The normalized spacial score (nSPS) is 15.2. The molecule has 0 unspecified atom stereocenters. The summed E-state index contributed by atoms with van der Waals surface area (Å²) in [6.45, 7) is 1.88. The van der Waals surface area contributed by atoms with Crippen molar-refractivity contribution in [1.82, 2.24) is 4.98 Å². The average Bonchev–Trinajstić information content (AvgIpc) is 2.90. The number of anilines is 1. The lowest BCUT2D eigenvalue weighted by molar-refractivity contribution is -0.138. The largest absolute Gasteiger partial charge is 0.481 e. The third kappa shape index (κ3) is 6.60. The maximum absolute atomic E-state index is 13.7. The van der Waals surface area contributed by atoms with Gasteiger partial charge in [-0.2, -0.15) is 13.2 Å². The first-order valence-corrected chi connectivity index (χ1v) is 12.9. The molecule has 0 radical (unpaired) electrons. The topological polar surface area (TPSA) is 79.3 Å². The van der Waals surface area contributed by atoms with E-state index < -0.39 is 23.6 Å². The molecule has 200 valence electrons. The molecule has 1 heterocycles. The number of nitrogens with zero attached hydrogens (tertiary/aromatic N) is 1. The molecule has 0 saturated heterocycles. The molecule has 1 aliphatic rings. The van der Waals surface area contributed by atoms with Gasteiger partial charge in [0.2, 0.25) is 5.91 Å². The second-order valence-corrected chi connectivity index (χ2v) is 9.93. The number of rotatable bonds is 8. The first kappa shape index (κ1) is 27.4. The molecule has 1 saturated carbocycles. The van der Waals surface area contributed by atoms with E-state index in [0.717, 1.165) is 61.1 Å². The van der Waals surface area contributed by atoms with Crippen molar-refractivity contribution in [3.63, 3.8) is 0 Å². The van der Waals surface area contributed by atoms with Crippen LogP contribution in [0.1, 0.15) is 66.7 Å². The van der Waals surface area contributed by atoms with Crippen LogP contribution in [0.5, 0.6) is 0 Å². The number of halogens is 3. The van der Waals surface area contributed by atoms with Crippen molar-refractivity contribution >= 4 is 17.6 Å². The zero-order valence-electron chi connectivity index (χ0n) is 21.2. The highest BCUT2D eigenvalue weighted by Gasteiger charge is 2.32. The molecule has 38 heavy (non-hydrogen) atoms. The molecular formula is C30H31F3N2O3. The number of carboxylic acid groups (broad SMARTS) is 1. The quantitative estimate of drug-likeness (QED) is 0.322. The molecule has 1 atom stereocenters. The highest BCUT2D eigenvalue weighted by atomic mass is 19.4. The standard InChI is InChI=1S/C30H31F3N2O3/c1-19-20(14-15-27(36)37)8-5-9-26(19)35-29(38)28(22-6-3-2-4-7-22)23-12-10-21(11-13-23)24-16-25(18-34-17-24)30(31,32)33/h5,8-13,16-18,22,28H,2-4,6-7,14-15H2,1H3,(H,35,38)(H,36,37)/t28-/m1/s1. The van der Waals surface area contributed by atoms with Gasteiger partial charge in [-0.1, -0.05) is 55.7 Å². The van der Waals surface area contributed by atoms with Crippen LogP contribution in [0.15, 0.2) is 60.9 Å². The fourth-order valence-corrected chi connectivity index (χ4v) is 5.28. The summed E-state index contributed by atoms with van der Waals surface area (Å²) >= 11 is 0. The van der Waals surface area contributed by atoms with Gasteiger partial charge < -0.3 is 10.4 Å². The first-order valence-electron chi connectivity index (χ1n) is 12.9. The summed E-state index contributed by atoms with van der Waals surface area (Å²) in [4.78, 5) is 28.5. The molecule has 2 N–H and O–H groups in total. The minimum Gasteiger partial charge on any atom is -0.481 e. The van der Waals surface area contributed by atoms with E-state index in [2.05, 4.69) is 10.3 Å². The van der Waals surface area contributed by atoms with Crippen molar-refractivity contribution in [3.8, 4) is 11.1 Å². The average molecular weight is 525 g/mol. The van der Waals surface area contributed by atoms with E-state index >= 15 is 0 Å². The molecule has 1 aromatic heterocycles. The Morgan fingerprint density at radius 3 is 2.39 bits per heavy atom. The van der Waals surface area contributed by atoms with E-state index in [4.69, 9.17) is 5.11 Å². The number of alkyl halides is 3. The molecule has 8 heteroatoms. The first-order chi connectivity index (χ1) is 18.1. The molecule has 1 aliphatic carbocycles. The molecule has 5 nitrogen and oxygen atoms in total. The number of carbonyl (C=O) groups is 2. The van der Waals surface area contributed by atoms with Crippen molar-refractivity contribution in [3.05, 3.63) is 83.2 Å². The number of aryl methyl sites for hydroxylation is 1. The number of carbonyl (C=O) groups excluding carboxylic acids is 1. The summed E-state index contributed by atoms with van der Waals surface area (Å²) in [6.07, 6.45) is 3.20. The Kier molecular flexibility index (Phi) is 8.49. The molecule has 4 rings (SSSR count). The number of hydrogen-bond donors (Lipinski definition) is 2. The number of hydrogen-bond acceptors (Lipinski definition) is 3. The number of aliphatic carboxylic acids is 1. The highest BCUT2D eigenvalue weighted by Crippen LogP contribution is 2.38. The maximum Gasteiger partial charge on any atom is 0.417 e. The second kappa shape index (κ2) is 11.8. The molecule has 0 aliphatic heterocycles. The lowest BCUT2D eigenvalue weighted by atomic mass is 9.76. The number of benzene rings is 2. The van der Waals surface area contributed by atoms with Crippen molar-refractivity contribution in [2.24, 2.45) is 5.92 Å². The van der Waals surface area contributed by atoms with Gasteiger partial charge in [-0.05, 0) is 66.5 Å². The van der Waals surface area contributed by atoms with Gasteiger partial charge in [0.25, 0.3) is 0 Å². The Morgan fingerprint density at radius 1 is 1.03 bits per heavy atom. The predicted octanol–water partition coefficient (Wildman–Crippen LogP) is 7.40. The van der Waals surface area contributed by atoms with Crippen LogP contribution in [0.4, 0.5) is 18.9 Å². The fraction of sp³-hybridized carbons (Fsp3) is 0.367. The number of carboxylic acids is 1. The molecule has 0 spiro atoms. The summed E-state index contributed by atoms with van der Waals surface area (Å²) in [5.74, 6) is -1.27. The summed E-state index contributed by atoms with van der Waals surface area (Å²) in [5.41, 5.74) is 3.34. The monoisotopic (exact) mass is 524 g/mol. The Bertz CT molecular complexity index is 1280.